The Bertz CT molecular complexity index is 284. The van der Waals surface area contributed by atoms with Gasteiger partial charge in [0, 0.05) is 12.1 Å². The summed E-state index contributed by atoms with van der Waals surface area (Å²) in [5, 5.41) is 0. The predicted molar refractivity (Wildman–Crippen MR) is 25.1 cm³/mol. The molecule has 62 valence electrons. The molecule has 0 aliphatic carbocycles. The fourth-order valence-electron chi connectivity index (χ4n) is 0.342. The molecule has 0 saturated heterocycles. The molecule has 0 amide bonds. The smallest absolute Gasteiger partial charge is 0.166 e. The van der Waals surface area contributed by atoms with Crippen molar-refractivity contribution in [1.29, 1.82) is 0 Å². The number of aromatic amines is 1. The summed E-state index contributed by atoms with van der Waals surface area (Å²) in [6, 6.07) is 5.86. The molecule has 0 aliphatic rings. The molecular weight excluding hydrogens is 193 g/mol. The summed E-state index contributed by atoms with van der Waals surface area (Å²) in [5.41, 5.74) is 0. The van der Waals surface area contributed by atoms with E-state index in [1.807, 2.05) is 30.6 Å². The molecule has 11 heavy (non-hydrogen) atoms. The van der Waals surface area contributed by atoms with E-state index >= 15 is 0 Å². The fraction of sp³-hybridized carbons (Fsp3) is 0. The van der Waals surface area contributed by atoms with Crippen molar-refractivity contribution in [3.8, 4) is 0 Å². The van der Waals surface area contributed by atoms with Crippen LogP contribution in [0.5, 0.6) is 0 Å². The Morgan fingerprint density at radius 1 is 1.00 bits per heavy atom. The summed E-state index contributed by atoms with van der Waals surface area (Å²) in [6.07, 6.45) is 3.75. The summed E-state index contributed by atoms with van der Waals surface area (Å²) in [4.78, 5) is 2.89. The van der Waals surface area contributed by atoms with Crippen molar-refractivity contribution < 1.29 is 33.6 Å². The van der Waals surface area contributed by atoms with Gasteiger partial charge in [0.1, 0.15) is 0 Å². The number of pyridine rings is 1. The van der Waals surface area contributed by atoms with E-state index in [-0.39, 0.29) is 0 Å². The van der Waals surface area contributed by atoms with Gasteiger partial charge in [0.25, 0.3) is 0 Å². The number of aromatic nitrogens is 1. The maximum Gasteiger partial charge on any atom is 0.166 e. The molecular formula is C5H6MnNO4. The zero-order valence-electron chi connectivity index (χ0n) is 5.40. The van der Waals surface area contributed by atoms with Crippen LogP contribution in [-0.4, -0.2) is 0 Å². The van der Waals surface area contributed by atoms with Crippen LogP contribution in [0, 0.1) is 0 Å². The zero-order chi connectivity index (χ0) is 8.74. The molecule has 0 radical (unpaired) electrons. The molecule has 0 unspecified atom stereocenters. The molecule has 0 atom stereocenters. The van der Waals surface area contributed by atoms with Crippen LogP contribution < -0.4 is 9.17 Å². The van der Waals surface area contributed by atoms with Crippen molar-refractivity contribution in [1.82, 2.24) is 0 Å². The van der Waals surface area contributed by atoms with E-state index < -0.39 is 13.0 Å². The first kappa shape index (κ1) is 10.0. The van der Waals surface area contributed by atoms with Crippen LogP contribution >= 0.6 is 0 Å². The van der Waals surface area contributed by atoms with Gasteiger partial charge < -0.3 is 0 Å². The second-order valence-corrected chi connectivity index (χ2v) is 2.64. The van der Waals surface area contributed by atoms with Crippen molar-refractivity contribution in [3.05, 3.63) is 30.6 Å². The first-order valence-corrected chi connectivity index (χ1v) is 4.46. The van der Waals surface area contributed by atoms with Crippen LogP contribution in [0.1, 0.15) is 0 Å². The van der Waals surface area contributed by atoms with Crippen LogP contribution in [-0.2, 0) is 24.5 Å². The third-order valence-electron chi connectivity index (χ3n) is 0.607. The molecule has 0 saturated carbocycles. The molecule has 1 N–H and O–H groups in total. The average molecular weight is 199 g/mol. The first-order chi connectivity index (χ1) is 5.00. The van der Waals surface area contributed by atoms with Gasteiger partial charge in [-0.05, 0) is 0 Å². The molecule has 1 aromatic heterocycles. The molecule has 0 aliphatic heterocycles. The molecule has 1 rings (SSSR count). The number of nitrogens with one attached hydrogen (secondary N) is 1. The Labute approximate surface area is 64.9 Å². The summed E-state index contributed by atoms with van der Waals surface area (Å²) in [5.74, 6) is 0. The van der Waals surface area contributed by atoms with Gasteiger partial charge in [-0.1, -0.05) is 6.07 Å². The molecule has 0 spiro atoms. The monoisotopic (exact) mass is 199 g/mol. The van der Waals surface area contributed by atoms with Gasteiger partial charge in [-0.2, -0.15) is 0 Å². The third kappa shape index (κ3) is 17.6. The van der Waals surface area contributed by atoms with Gasteiger partial charge in [-0.3, -0.25) is 0 Å². The maximum absolute atomic E-state index is 8.58. The van der Waals surface area contributed by atoms with Crippen LogP contribution in [0.3, 0.4) is 0 Å². The minimum atomic E-state index is -5.62. The fourth-order valence-corrected chi connectivity index (χ4v) is 0.342. The van der Waals surface area contributed by atoms with Crippen molar-refractivity contribution in [2.45, 2.75) is 0 Å². The van der Waals surface area contributed by atoms with Gasteiger partial charge in [0.15, 0.2) is 12.4 Å². The van der Waals surface area contributed by atoms with Gasteiger partial charge >= 0.3 is 28.7 Å². The number of H-pyrrole nitrogens is 1. The van der Waals surface area contributed by atoms with Crippen LogP contribution in [0.25, 0.3) is 0 Å². The van der Waals surface area contributed by atoms with Crippen molar-refractivity contribution in [3.63, 3.8) is 0 Å². The van der Waals surface area contributed by atoms with E-state index in [2.05, 4.69) is 4.98 Å². The largest absolute Gasteiger partial charge is 0.218 e. The van der Waals surface area contributed by atoms with E-state index in [4.69, 9.17) is 15.7 Å². The van der Waals surface area contributed by atoms with Crippen molar-refractivity contribution in [2.75, 3.05) is 0 Å². The SMILES string of the molecule is [O]=[Mn](=[O])(=[O])[O-].c1cc[nH+]cc1. The second kappa shape index (κ2) is 4.79. The Hall–Kier alpha value is -0.971. The zero-order valence-corrected chi connectivity index (χ0v) is 6.58. The van der Waals surface area contributed by atoms with Gasteiger partial charge in [0.05, 0.1) is 0 Å². The number of hydrogen-bond donors (Lipinski definition) is 0. The second-order valence-electron chi connectivity index (χ2n) is 1.46. The molecule has 1 aromatic rings. The minimum absolute atomic E-state index is 1.88. The van der Waals surface area contributed by atoms with Crippen LogP contribution in [0.2, 0.25) is 0 Å². The maximum atomic E-state index is 8.58. The minimum Gasteiger partial charge on any atom is -0.218 e. The summed E-state index contributed by atoms with van der Waals surface area (Å²) < 4.78 is 34.3. The number of rotatable bonds is 0. The van der Waals surface area contributed by atoms with Crippen LogP contribution in [0.15, 0.2) is 30.6 Å². The van der Waals surface area contributed by atoms with E-state index in [0.29, 0.717) is 0 Å². The summed E-state index contributed by atoms with van der Waals surface area (Å²) in [6.45, 7) is 0. The van der Waals surface area contributed by atoms with E-state index in [9.17, 15) is 0 Å². The summed E-state index contributed by atoms with van der Waals surface area (Å²) in [7, 11) is 0. The Balaban J connectivity index is 0.000000187. The van der Waals surface area contributed by atoms with E-state index in [1.54, 1.807) is 0 Å². The van der Waals surface area contributed by atoms with Crippen LogP contribution in [0.4, 0.5) is 0 Å². The van der Waals surface area contributed by atoms with E-state index in [1.165, 1.54) is 0 Å². The molecule has 1 heterocycles. The molecule has 0 fully saturated rings. The van der Waals surface area contributed by atoms with Gasteiger partial charge in [0.2, 0.25) is 0 Å². The predicted octanol–water partition coefficient (Wildman–Crippen LogP) is -1.05. The Kier molecular flexibility index (Phi) is 4.36. The van der Waals surface area contributed by atoms with Gasteiger partial charge in [-0.15, -0.1) is 0 Å². The Morgan fingerprint density at radius 3 is 1.45 bits per heavy atom. The Morgan fingerprint density at radius 2 is 1.36 bits per heavy atom. The van der Waals surface area contributed by atoms with Crippen molar-refractivity contribution >= 4 is 0 Å². The average Bonchev–Trinajstić information content (AvgIpc) is 1.88. The van der Waals surface area contributed by atoms with Crippen molar-refractivity contribution in [2.24, 2.45) is 0 Å². The normalized spacial score (nSPS) is 9.55. The third-order valence-corrected chi connectivity index (χ3v) is 0.607. The van der Waals surface area contributed by atoms with E-state index in [0.717, 1.165) is 0 Å². The molecule has 6 heteroatoms. The molecule has 0 aromatic carbocycles. The standard InChI is InChI=1S/C5H5N.Mn.4O/c1-2-4-6-5-3-1;;;;;/h1-5H;;;;;/q;;;;;-1/p+1. The molecule has 0 bridgehead atoms. The quantitative estimate of drug-likeness (QED) is 0.499. The summed E-state index contributed by atoms with van der Waals surface area (Å²) >= 11 is -5.62. The topological polar surface area (TPSA) is 88.4 Å². The number of hydrogen-bond acceptors (Lipinski definition) is 4. The first-order valence-electron chi connectivity index (χ1n) is 2.53. The van der Waals surface area contributed by atoms with Gasteiger partial charge in [-0.25, -0.2) is 4.98 Å². The molecule has 5 nitrogen and oxygen atoms in total.